The van der Waals surface area contributed by atoms with Crippen molar-refractivity contribution in [3.63, 3.8) is 0 Å². The molecule has 2 aliphatic heterocycles. The Morgan fingerprint density at radius 1 is 0.979 bits per heavy atom. The lowest BCUT2D eigenvalue weighted by Crippen LogP contribution is -2.64. The second-order valence-electron chi connectivity index (χ2n) is 16.3. The number of carbonyl (C=O) groups excluding carboxylic acids is 2. The topological polar surface area (TPSA) is 95.4 Å². The maximum absolute atomic E-state index is 13.9. The van der Waals surface area contributed by atoms with E-state index < -0.39 is 5.41 Å². The van der Waals surface area contributed by atoms with Crippen LogP contribution in [0.25, 0.3) is 22.3 Å². The predicted molar refractivity (Wildman–Crippen MR) is 191 cm³/mol. The summed E-state index contributed by atoms with van der Waals surface area (Å²) in [6.07, 6.45) is 5.99. The number of rotatable bonds is 8. The number of fused-ring (bicyclic) bond motifs is 2. The molecular weight excluding hydrogens is 598 g/mol. The standard InChI is InChI=1S/C39H47N7O2/c1-22(2)45-21-40-32-18-31(43-35(34(32)45)41-26-10-8-23(3)29(15-26)36(47)42-25-11-12-25)24-9-13-30-33(14-24)46(37(48)39(30,6)7)28-16-27(17-28)44-19-38(4,5)20-44/h8-10,13-15,18,21-22,25,27-28H,11-12,16-17,19-20H2,1-7H3,(H,41,43)(H,42,47). The van der Waals surface area contributed by atoms with E-state index in [1.165, 1.54) is 0 Å². The Bertz CT molecular complexity index is 1960. The van der Waals surface area contributed by atoms with Crippen LogP contribution >= 0.6 is 0 Å². The molecule has 2 aliphatic carbocycles. The van der Waals surface area contributed by atoms with E-state index in [-0.39, 0.29) is 29.9 Å². The normalized spacial score (nSPS) is 22.8. The second kappa shape index (κ2) is 10.9. The molecule has 2 aromatic heterocycles. The van der Waals surface area contributed by atoms with Crippen molar-refractivity contribution in [3.05, 3.63) is 65.5 Å². The van der Waals surface area contributed by atoms with Gasteiger partial charge in [-0.25, -0.2) is 9.97 Å². The molecule has 1 saturated heterocycles. The van der Waals surface area contributed by atoms with Crippen LogP contribution < -0.4 is 15.5 Å². The molecule has 2 aromatic carbocycles. The minimum absolute atomic E-state index is 0.0376. The van der Waals surface area contributed by atoms with Gasteiger partial charge in [-0.1, -0.05) is 32.0 Å². The molecule has 9 heteroatoms. The quantitative estimate of drug-likeness (QED) is 0.212. The van der Waals surface area contributed by atoms with E-state index in [1.807, 2.05) is 51.4 Å². The average Bonchev–Trinajstić information content (AvgIpc) is 3.66. The molecule has 0 bridgehead atoms. The van der Waals surface area contributed by atoms with E-state index in [0.29, 0.717) is 22.8 Å². The number of carbonyl (C=O) groups is 2. The first kappa shape index (κ1) is 31.1. The first-order chi connectivity index (χ1) is 22.8. The first-order valence-corrected chi connectivity index (χ1v) is 17.6. The van der Waals surface area contributed by atoms with Crippen molar-refractivity contribution in [1.29, 1.82) is 0 Å². The zero-order chi connectivity index (χ0) is 33.7. The number of nitrogens with one attached hydrogen (secondary N) is 2. The third kappa shape index (κ3) is 5.18. The van der Waals surface area contributed by atoms with Gasteiger partial charge in [-0.05, 0) is 101 Å². The molecule has 4 heterocycles. The van der Waals surface area contributed by atoms with Gasteiger partial charge in [0.2, 0.25) is 5.91 Å². The van der Waals surface area contributed by atoms with Gasteiger partial charge in [0.25, 0.3) is 5.91 Å². The molecule has 250 valence electrons. The summed E-state index contributed by atoms with van der Waals surface area (Å²) in [5, 5.41) is 6.68. The molecule has 2 amide bonds. The van der Waals surface area contributed by atoms with Crippen molar-refractivity contribution in [2.75, 3.05) is 23.3 Å². The molecule has 0 radical (unpaired) electrons. The number of hydrogen-bond donors (Lipinski definition) is 2. The molecule has 0 unspecified atom stereocenters. The fourth-order valence-corrected chi connectivity index (χ4v) is 7.94. The number of nitrogens with zero attached hydrogens (tertiary/aromatic N) is 5. The van der Waals surface area contributed by atoms with Gasteiger partial charge in [0.1, 0.15) is 5.52 Å². The summed E-state index contributed by atoms with van der Waals surface area (Å²) in [6.45, 7) is 17.3. The minimum Gasteiger partial charge on any atom is -0.349 e. The Balaban J connectivity index is 1.14. The van der Waals surface area contributed by atoms with Gasteiger partial charge in [-0.15, -0.1) is 0 Å². The van der Waals surface area contributed by atoms with Crippen molar-refractivity contribution < 1.29 is 9.59 Å². The fourth-order valence-electron chi connectivity index (χ4n) is 7.94. The van der Waals surface area contributed by atoms with Crippen molar-refractivity contribution in [3.8, 4) is 11.3 Å². The predicted octanol–water partition coefficient (Wildman–Crippen LogP) is 7.12. The molecular formula is C39H47N7O2. The third-order valence-corrected chi connectivity index (χ3v) is 11.0. The SMILES string of the molecule is Cc1ccc(Nc2nc(-c3ccc4c(c3)N(C3CC(N5CC(C)(C)C5)C3)C(=O)C4(C)C)cc3ncn(C(C)C)c23)cc1C(=O)NC1CC1. The van der Waals surface area contributed by atoms with Crippen LogP contribution in [0.15, 0.2) is 48.8 Å². The highest BCUT2D eigenvalue weighted by molar-refractivity contribution is 6.09. The fraction of sp³-hybridized carbons (Fsp3) is 0.487. The van der Waals surface area contributed by atoms with Gasteiger partial charge < -0.3 is 20.1 Å². The largest absolute Gasteiger partial charge is 0.349 e. The second-order valence-corrected chi connectivity index (χ2v) is 16.3. The van der Waals surface area contributed by atoms with Crippen LogP contribution in [-0.2, 0) is 10.2 Å². The highest BCUT2D eigenvalue weighted by atomic mass is 16.2. The molecule has 0 spiro atoms. The highest BCUT2D eigenvalue weighted by Gasteiger charge is 2.51. The molecule has 2 N–H and O–H groups in total. The number of amides is 2. The van der Waals surface area contributed by atoms with Crippen LogP contribution in [0.1, 0.15) is 94.8 Å². The molecule has 48 heavy (non-hydrogen) atoms. The number of pyridine rings is 1. The van der Waals surface area contributed by atoms with Crippen molar-refractivity contribution in [2.24, 2.45) is 5.41 Å². The number of likely N-dealkylation sites (tertiary alicyclic amines) is 1. The molecule has 3 fully saturated rings. The van der Waals surface area contributed by atoms with Crippen LogP contribution in [0.4, 0.5) is 17.2 Å². The number of benzene rings is 2. The third-order valence-electron chi connectivity index (χ3n) is 11.0. The van der Waals surface area contributed by atoms with Crippen LogP contribution in [0, 0.1) is 12.3 Å². The minimum atomic E-state index is -0.577. The van der Waals surface area contributed by atoms with E-state index >= 15 is 0 Å². The lowest BCUT2D eigenvalue weighted by molar-refractivity contribution is -0.123. The van der Waals surface area contributed by atoms with Crippen LogP contribution in [0.3, 0.4) is 0 Å². The van der Waals surface area contributed by atoms with E-state index in [2.05, 4.69) is 70.9 Å². The lowest BCUT2D eigenvalue weighted by atomic mass is 9.76. The maximum atomic E-state index is 13.9. The summed E-state index contributed by atoms with van der Waals surface area (Å²) in [5.41, 5.74) is 7.77. The van der Waals surface area contributed by atoms with Gasteiger partial charge in [0.05, 0.1) is 23.0 Å². The lowest BCUT2D eigenvalue weighted by Gasteiger charge is -2.55. The smallest absolute Gasteiger partial charge is 0.251 e. The van der Waals surface area contributed by atoms with Gasteiger partial charge in [-0.3, -0.25) is 14.5 Å². The van der Waals surface area contributed by atoms with E-state index in [1.54, 1.807) is 0 Å². The summed E-state index contributed by atoms with van der Waals surface area (Å²) >= 11 is 0. The Labute approximate surface area is 283 Å². The number of anilines is 3. The monoisotopic (exact) mass is 645 g/mol. The molecule has 9 nitrogen and oxygen atoms in total. The van der Waals surface area contributed by atoms with Gasteiger partial charge in [0.15, 0.2) is 5.82 Å². The zero-order valence-corrected chi connectivity index (χ0v) is 29.2. The molecule has 0 atom stereocenters. The van der Waals surface area contributed by atoms with E-state index in [0.717, 1.165) is 83.6 Å². The van der Waals surface area contributed by atoms with Crippen molar-refractivity contribution in [1.82, 2.24) is 24.8 Å². The maximum Gasteiger partial charge on any atom is 0.251 e. The molecule has 4 aliphatic rings. The summed E-state index contributed by atoms with van der Waals surface area (Å²) < 4.78 is 2.13. The highest BCUT2D eigenvalue weighted by Crippen LogP contribution is 2.49. The van der Waals surface area contributed by atoms with Gasteiger partial charge >= 0.3 is 0 Å². The van der Waals surface area contributed by atoms with E-state index in [4.69, 9.17) is 9.97 Å². The zero-order valence-electron chi connectivity index (χ0n) is 29.2. The molecule has 2 saturated carbocycles. The number of aromatic nitrogens is 3. The first-order valence-electron chi connectivity index (χ1n) is 17.6. The van der Waals surface area contributed by atoms with E-state index in [9.17, 15) is 9.59 Å². The Morgan fingerprint density at radius 3 is 2.42 bits per heavy atom. The Kier molecular flexibility index (Phi) is 7.04. The van der Waals surface area contributed by atoms with Crippen molar-refractivity contribution in [2.45, 2.75) is 104 Å². The average molecular weight is 646 g/mol. The van der Waals surface area contributed by atoms with Gasteiger partial charge in [-0.2, -0.15) is 0 Å². The van der Waals surface area contributed by atoms with Crippen LogP contribution in [-0.4, -0.2) is 62.5 Å². The summed E-state index contributed by atoms with van der Waals surface area (Å²) in [4.78, 5) is 41.6. The molecule has 8 rings (SSSR count). The number of aryl methyl sites for hydroxylation is 1. The van der Waals surface area contributed by atoms with Crippen LogP contribution in [0.5, 0.6) is 0 Å². The van der Waals surface area contributed by atoms with Crippen molar-refractivity contribution >= 4 is 40.0 Å². The molecule has 4 aromatic rings. The Morgan fingerprint density at radius 2 is 1.73 bits per heavy atom. The number of hydrogen-bond acceptors (Lipinski definition) is 6. The van der Waals surface area contributed by atoms with Gasteiger partial charge in [0, 0.05) is 59.8 Å². The number of imidazole rings is 1. The van der Waals surface area contributed by atoms with Crippen LogP contribution in [0.2, 0.25) is 0 Å². The summed E-state index contributed by atoms with van der Waals surface area (Å²) in [6, 6.07) is 15.5. The Hall–Kier alpha value is -4.24. The summed E-state index contributed by atoms with van der Waals surface area (Å²) in [5.74, 6) is 0.827. The summed E-state index contributed by atoms with van der Waals surface area (Å²) in [7, 11) is 0.